The standard InChI is InChI=1S/C23H20ClF2N5O6/c1-34-15-5-3-4-13(26)11(15)9-36-17-7-14(12(24)6-16(17)37-10-18(27)32)31-21-20(30-23(31)33)22(35-2)29-19(8-25)28-21/h3-7H,8-10H2,1-2H3,(H2,27,32)(H,30,33). The Kier molecular flexibility index (Phi) is 7.43. The Hall–Kier alpha value is -4.39. The SMILES string of the molecule is COc1cccc(F)c1COc1cc(-n2c(=O)[nH]c3c(OC)nc(CF)nc32)c(Cl)cc1OCC(N)=O. The van der Waals surface area contributed by atoms with Crippen LogP contribution in [0.25, 0.3) is 16.9 Å². The molecule has 37 heavy (non-hydrogen) atoms. The number of nitrogens with zero attached hydrogens (tertiary/aromatic N) is 3. The molecule has 2 aromatic heterocycles. The summed E-state index contributed by atoms with van der Waals surface area (Å²) in [5.74, 6) is -1.40. The summed E-state index contributed by atoms with van der Waals surface area (Å²) in [6, 6.07) is 6.88. The molecule has 0 unspecified atom stereocenters. The van der Waals surface area contributed by atoms with E-state index < -0.39 is 30.7 Å². The van der Waals surface area contributed by atoms with Crippen molar-refractivity contribution in [2.24, 2.45) is 5.73 Å². The molecule has 0 radical (unpaired) electrons. The van der Waals surface area contributed by atoms with Gasteiger partial charge >= 0.3 is 5.69 Å². The number of methoxy groups -OCH3 is 2. The van der Waals surface area contributed by atoms with Crippen LogP contribution in [0.2, 0.25) is 5.02 Å². The molecule has 0 aliphatic heterocycles. The molecule has 0 saturated carbocycles. The molecule has 14 heteroatoms. The van der Waals surface area contributed by atoms with E-state index in [1.165, 1.54) is 38.5 Å². The zero-order valence-corrected chi connectivity index (χ0v) is 20.3. The largest absolute Gasteiger partial charge is 0.496 e. The van der Waals surface area contributed by atoms with Gasteiger partial charge < -0.3 is 24.7 Å². The highest BCUT2D eigenvalue weighted by atomic mass is 35.5. The van der Waals surface area contributed by atoms with Gasteiger partial charge in [0.1, 0.15) is 30.4 Å². The van der Waals surface area contributed by atoms with Crippen molar-refractivity contribution < 1.29 is 32.5 Å². The van der Waals surface area contributed by atoms with Crippen LogP contribution in [0.1, 0.15) is 11.4 Å². The van der Waals surface area contributed by atoms with Crippen LogP contribution in [0, 0.1) is 5.82 Å². The van der Waals surface area contributed by atoms with Crippen LogP contribution >= 0.6 is 11.6 Å². The van der Waals surface area contributed by atoms with Gasteiger partial charge in [-0.15, -0.1) is 0 Å². The molecule has 4 aromatic rings. The van der Waals surface area contributed by atoms with Gasteiger partial charge in [0.15, 0.2) is 29.6 Å². The number of alkyl halides is 1. The highest BCUT2D eigenvalue weighted by molar-refractivity contribution is 6.32. The number of H-pyrrole nitrogens is 1. The van der Waals surface area contributed by atoms with Crippen molar-refractivity contribution in [1.82, 2.24) is 19.5 Å². The minimum Gasteiger partial charge on any atom is -0.496 e. The average Bonchev–Trinajstić information content (AvgIpc) is 3.21. The first-order valence-electron chi connectivity index (χ1n) is 10.6. The van der Waals surface area contributed by atoms with Crippen molar-refractivity contribution in [1.29, 1.82) is 0 Å². The average molecular weight is 536 g/mol. The molecule has 4 rings (SSSR count). The van der Waals surface area contributed by atoms with Gasteiger partial charge in [0.25, 0.3) is 5.91 Å². The fourth-order valence-corrected chi connectivity index (χ4v) is 3.76. The number of nitrogens with two attached hydrogens (primary N) is 1. The zero-order valence-electron chi connectivity index (χ0n) is 19.5. The molecule has 1 amide bonds. The number of ether oxygens (including phenoxy) is 4. The molecule has 0 saturated heterocycles. The molecule has 2 heterocycles. The van der Waals surface area contributed by atoms with Crippen LogP contribution in [0.5, 0.6) is 23.1 Å². The number of amides is 1. The zero-order chi connectivity index (χ0) is 26.7. The van der Waals surface area contributed by atoms with Crippen LogP contribution in [0.15, 0.2) is 35.1 Å². The lowest BCUT2D eigenvalue weighted by atomic mass is 10.2. The maximum Gasteiger partial charge on any atom is 0.332 e. The van der Waals surface area contributed by atoms with Gasteiger partial charge in [0, 0.05) is 12.1 Å². The number of aromatic nitrogens is 4. The van der Waals surface area contributed by atoms with Crippen LogP contribution in [-0.2, 0) is 18.1 Å². The van der Waals surface area contributed by atoms with Crippen molar-refractivity contribution in [2.75, 3.05) is 20.8 Å². The number of benzene rings is 2. The lowest BCUT2D eigenvalue weighted by molar-refractivity contribution is -0.119. The van der Waals surface area contributed by atoms with E-state index in [4.69, 9.17) is 36.3 Å². The number of carbonyl (C=O) groups excluding carboxylic acids is 1. The number of hydrogen-bond donors (Lipinski definition) is 2. The predicted molar refractivity (Wildman–Crippen MR) is 128 cm³/mol. The molecule has 194 valence electrons. The first kappa shape index (κ1) is 25.7. The lowest BCUT2D eigenvalue weighted by Gasteiger charge is -2.16. The van der Waals surface area contributed by atoms with Gasteiger partial charge in [-0.1, -0.05) is 17.7 Å². The Morgan fingerprint density at radius 3 is 2.57 bits per heavy atom. The maximum atomic E-state index is 14.5. The number of nitrogens with one attached hydrogen (secondary N) is 1. The molecule has 11 nitrogen and oxygen atoms in total. The lowest BCUT2D eigenvalue weighted by Crippen LogP contribution is -2.20. The molecule has 0 aliphatic carbocycles. The Labute approximate surface area is 212 Å². The Morgan fingerprint density at radius 2 is 1.89 bits per heavy atom. The topological polar surface area (TPSA) is 144 Å². The van der Waals surface area contributed by atoms with E-state index in [9.17, 15) is 18.4 Å². The van der Waals surface area contributed by atoms with E-state index in [1.807, 2.05) is 0 Å². The van der Waals surface area contributed by atoms with Gasteiger partial charge in [0.05, 0.1) is 30.5 Å². The summed E-state index contributed by atoms with van der Waals surface area (Å²) >= 11 is 6.46. The van der Waals surface area contributed by atoms with E-state index in [0.717, 1.165) is 4.57 Å². The van der Waals surface area contributed by atoms with Gasteiger partial charge in [-0.3, -0.25) is 9.78 Å². The molecule has 0 fully saturated rings. The molecule has 3 N–H and O–H groups in total. The first-order chi connectivity index (χ1) is 17.8. The third-order valence-electron chi connectivity index (χ3n) is 5.15. The normalized spacial score (nSPS) is 10.9. The van der Waals surface area contributed by atoms with Crippen molar-refractivity contribution in [3.05, 3.63) is 63.0 Å². The van der Waals surface area contributed by atoms with E-state index in [1.54, 1.807) is 6.07 Å². The quantitative estimate of drug-likeness (QED) is 0.315. The summed E-state index contributed by atoms with van der Waals surface area (Å²) in [6.07, 6.45) is 0. The van der Waals surface area contributed by atoms with E-state index in [0.29, 0.717) is 0 Å². The highest BCUT2D eigenvalue weighted by Crippen LogP contribution is 2.37. The number of imidazole rings is 1. The number of carbonyl (C=O) groups is 1. The third kappa shape index (κ3) is 5.11. The van der Waals surface area contributed by atoms with Crippen molar-refractivity contribution in [2.45, 2.75) is 13.3 Å². The second-order valence-electron chi connectivity index (χ2n) is 7.46. The van der Waals surface area contributed by atoms with Crippen LogP contribution < -0.4 is 30.4 Å². The molecule has 0 aliphatic rings. The van der Waals surface area contributed by atoms with E-state index in [2.05, 4.69) is 15.0 Å². The van der Waals surface area contributed by atoms with Crippen molar-refractivity contribution >= 4 is 28.7 Å². The molecule has 0 spiro atoms. The molecule has 2 aromatic carbocycles. The van der Waals surface area contributed by atoms with Crippen molar-refractivity contribution in [3.8, 4) is 28.8 Å². The Bertz CT molecular complexity index is 1540. The second kappa shape index (κ2) is 10.7. The number of primary amides is 1. The fraction of sp³-hybridized carbons (Fsp3) is 0.217. The predicted octanol–water partition coefficient (Wildman–Crippen LogP) is 2.83. The smallest absolute Gasteiger partial charge is 0.332 e. The minimum atomic E-state index is -1.02. The van der Waals surface area contributed by atoms with E-state index in [-0.39, 0.29) is 63.0 Å². The van der Waals surface area contributed by atoms with Gasteiger partial charge in [-0.05, 0) is 12.1 Å². The maximum absolute atomic E-state index is 14.5. The number of hydrogen-bond acceptors (Lipinski definition) is 8. The molecule has 0 atom stereocenters. The summed E-state index contributed by atoms with van der Waals surface area (Å²) in [6.45, 7) is -1.83. The number of aromatic amines is 1. The van der Waals surface area contributed by atoms with Crippen LogP contribution in [0.3, 0.4) is 0 Å². The first-order valence-corrected chi connectivity index (χ1v) is 11.0. The number of halogens is 3. The van der Waals surface area contributed by atoms with Gasteiger partial charge in [-0.25, -0.2) is 23.1 Å². The number of fused-ring (bicyclic) bond motifs is 1. The minimum absolute atomic E-state index is 0.00704. The monoisotopic (exact) mass is 535 g/mol. The van der Waals surface area contributed by atoms with Crippen molar-refractivity contribution in [3.63, 3.8) is 0 Å². The van der Waals surface area contributed by atoms with Gasteiger partial charge in [0.2, 0.25) is 5.88 Å². The summed E-state index contributed by atoms with van der Waals surface area (Å²) < 4.78 is 50.5. The van der Waals surface area contributed by atoms with Crippen LogP contribution in [0.4, 0.5) is 8.78 Å². The summed E-state index contributed by atoms with van der Waals surface area (Å²) in [5.41, 5.74) is 4.76. The molecular formula is C23H20ClF2N5O6. The summed E-state index contributed by atoms with van der Waals surface area (Å²) in [4.78, 5) is 34.8. The third-order valence-corrected chi connectivity index (χ3v) is 5.46. The van der Waals surface area contributed by atoms with Gasteiger partial charge in [-0.2, -0.15) is 4.98 Å². The molecule has 0 bridgehead atoms. The van der Waals surface area contributed by atoms with Crippen LogP contribution in [-0.4, -0.2) is 46.3 Å². The second-order valence-corrected chi connectivity index (χ2v) is 7.87. The fourth-order valence-electron chi connectivity index (χ4n) is 3.52. The van der Waals surface area contributed by atoms with E-state index >= 15 is 0 Å². The Morgan fingerprint density at radius 1 is 1.14 bits per heavy atom. The number of rotatable bonds is 10. The molecular weight excluding hydrogens is 516 g/mol. The highest BCUT2D eigenvalue weighted by Gasteiger charge is 2.22. The summed E-state index contributed by atoms with van der Waals surface area (Å²) in [7, 11) is 2.69. The summed E-state index contributed by atoms with van der Waals surface area (Å²) in [5, 5.41) is -0.0160. The Balaban J connectivity index is 1.86.